The quantitative estimate of drug-likeness (QED) is 0.149. The van der Waals surface area contributed by atoms with E-state index < -0.39 is 0 Å². The summed E-state index contributed by atoms with van der Waals surface area (Å²) in [6.07, 6.45) is 0. The number of aromatic nitrogens is 2. The Morgan fingerprint density at radius 2 is 0.782 bits per heavy atom. The first-order chi connectivity index (χ1) is 27.2. The smallest absolute Gasteiger partial charge is 0.0934 e. The number of aryl methyl sites for hydroxylation is 1. The van der Waals surface area contributed by atoms with Gasteiger partial charge in [0.25, 0.3) is 0 Å². The van der Waals surface area contributed by atoms with Crippen molar-refractivity contribution in [2.24, 2.45) is 0 Å². The maximum absolute atomic E-state index is 5.11. The maximum atomic E-state index is 5.11. The highest BCUT2D eigenvalue weighted by Crippen LogP contribution is 2.41. The molecule has 0 spiro atoms. The van der Waals surface area contributed by atoms with Crippen molar-refractivity contribution < 1.29 is 0 Å². The Bertz CT molecular complexity index is 2660. The topological polar surface area (TPSA) is 21.1 Å². The summed E-state index contributed by atoms with van der Waals surface area (Å²) in [5.74, 6) is 0. The van der Waals surface area contributed by atoms with E-state index in [0.717, 1.165) is 50.8 Å². The lowest BCUT2D eigenvalue weighted by atomic mass is 9.89. The van der Waals surface area contributed by atoms with Crippen LogP contribution in [0, 0.1) is 6.92 Å². The Balaban J connectivity index is 1.06. The summed E-state index contributed by atoms with van der Waals surface area (Å²) in [6, 6.07) is 77.5. The second-order valence-electron chi connectivity index (χ2n) is 13.8. The van der Waals surface area contributed by atoms with Crippen molar-refractivity contribution >= 4 is 17.1 Å². The van der Waals surface area contributed by atoms with Crippen LogP contribution in [0.1, 0.15) is 5.56 Å². The minimum atomic E-state index is 0.946. The van der Waals surface area contributed by atoms with E-state index in [1.165, 1.54) is 33.4 Å². The molecule has 0 N–H and O–H groups in total. The molecule has 0 saturated heterocycles. The average molecular weight is 706 g/mol. The maximum Gasteiger partial charge on any atom is 0.0934 e. The summed E-state index contributed by atoms with van der Waals surface area (Å²) in [5.41, 5.74) is 16.9. The normalized spacial score (nSPS) is 11.0. The predicted molar refractivity (Wildman–Crippen MR) is 230 cm³/mol. The first kappa shape index (κ1) is 33.6. The van der Waals surface area contributed by atoms with Crippen LogP contribution in [-0.4, -0.2) is 9.78 Å². The Hall–Kier alpha value is -7.23. The van der Waals surface area contributed by atoms with Crippen molar-refractivity contribution in [1.82, 2.24) is 9.78 Å². The van der Waals surface area contributed by atoms with Gasteiger partial charge >= 0.3 is 0 Å². The van der Waals surface area contributed by atoms with Crippen LogP contribution in [-0.2, 0) is 0 Å². The van der Waals surface area contributed by atoms with E-state index in [4.69, 9.17) is 5.10 Å². The highest BCUT2D eigenvalue weighted by atomic mass is 15.3. The lowest BCUT2D eigenvalue weighted by Gasteiger charge is -2.26. The molecule has 0 aliphatic carbocycles. The van der Waals surface area contributed by atoms with Crippen molar-refractivity contribution in [3.8, 4) is 61.6 Å². The molecule has 0 aliphatic heterocycles. The van der Waals surface area contributed by atoms with Crippen LogP contribution in [0.15, 0.2) is 218 Å². The van der Waals surface area contributed by atoms with Gasteiger partial charge < -0.3 is 4.90 Å². The van der Waals surface area contributed by atoms with E-state index in [1.807, 2.05) is 12.1 Å². The molecule has 0 fully saturated rings. The minimum absolute atomic E-state index is 0.946. The summed E-state index contributed by atoms with van der Waals surface area (Å²) < 4.78 is 2.06. The molecule has 0 atom stereocenters. The van der Waals surface area contributed by atoms with Crippen molar-refractivity contribution in [2.45, 2.75) is 6.92 Å². The zero-order valence-corrected chi connectivity index (χ0v) is 30.6. The number of rotatable bonds is 9. The third-order valence-electron chi connectivity index (χ3n) is 10.2. The van der Waals surface area contributed by atoms with Crippen LogP contribution < -0.4 is 4.90 Å². The van der Waals surface area contributed by atoms with Gasteiger partial charge in [-0.2, -0.15) is 5.10 Å². The van der Waals surface area contributed by atoms with Crippen LogP contribution >= 0.6 is 0 Å². The second kappa shape index (κ2) is 15.0. The molecule has 262 valence electrons. The fraction of sp³-hybridized carbons (Fsp3) is 0.0192. The lowest BCUT2D eigenvalue weighted by Crippen LogP contribution is -2.09. The zero-order valence-electron chi connectivity index (χ0n) is 30.6. The summed E-state index contributed by atoms with van der Waals surface area (Å²) in [6.45, 7) is 2.13. The molecule has 9 rings (SSSR count). The molecule has 0 bridgehead atoms. The van der Waals surface area contributed by atoms with Gasteiger partial charge in [-0.3, -0.25) is 0 Å². The van der Waals surface area contributed by atoms with E-state index in [1.54, 1.807) is 0 Å². The van der Waals surface area contributed by atoms with Crippen LogP contribution in [0.2, 0.25) is 0 Å². The lowest BCUT2D eigenvalue weighted by molar-refractivity contribution is 0.892. The molecule has 55 heavy (non-hydrogen) atoms. The van der Waals surface area contributed by atoms with Crippen LogP contribution in [0.5, 0.6) is 0 Å². The zero-order chi connectivity index (χ0) is 37.0. The van der Waals surface area contributed by atoms with E-state index in [9.17, 15) is 0 Å². The minimum Gasteiger partial charge on any atom is -0.311 e. The molecule has 1 aromatic heterocycles. The number of benzene rings is 8. The Morgan fingerprint density at radius 1 is 0.364 bits per heavy atom. The van der Waals surface area contributed by atoms with E-state index in [0.29, 0.717) is 0 Å². The van der Waals surface area contributed by atoms with Crippen molar-refractivity contribution in [3.63, 3.8) is 0 Å². The fourth-order valence-corrected chi connectivity index (χ4v) is 7.37. The van der Waals surface area contributed by atoms with Gasteiger partial charge in [-0.25, -0.2) is 4.68 Å². The standard InChI is InChI=1S/C52H39N3/c1-38-25-31-44(32-26-38)54(43-19-9-4-10-20-43)45-33-27-39(28-34-45)47-21-11-13-23-49(47)50-24-14-12-22-48(50)40-29-35-46(36-30-40)55-52(42-17-7-3-8-18-42)37-51(53-55)41-15-5-2-6-16-41/h2-37H,1H3. The third kappa shape index (κ3) is 6.88. The van der Waals surface area contributed by atoms with E-state index in [2.05, 4.69) is 223 Å². The SMILES string of the molecule is Cc1ccc(N(c2ccccc2)c2ccc(-c3ccccc3-c3ccccc3-c3ccc(-n4nc(-c5ccccc5)cc4-c4ccccc4)cc3)cc2)cc1. The molecule has 1 heterocycles. The van der Waals surface area contributed by atoms with Gasteiger partial charge in [0.05, 0.1) is 17.1 Å². The molecule has 0 aliphatic rings. The molecule has 0 radical (unpaired) electrons. The molecule has 0 unspecified atom stereocenters. The third-order valence-corrected chi connectivity index (χ3v) is 10.2. The molecule has 3 nitrogen and oxygen atoms in total. The summed E-state index contributed by atoms with van der Waals surface area (Å²) in [5, 5.41) is 5.11. The predicted octanol–water partition coefficient (Wildman–Crippen LogP) is 14.0. The Kier molecular flexibility index (Phi) is 9.17. The van der Waals surface area contributed by atoms with Gasteiger partial charge in [0.15, 0.2) is 0 Å². The summed E-state index contributed by atoms with van der Waals surface area (Å²) in [7, 11) is 0. The molecule has 9 aromatic rings. The van der Waals surface area contributed by atoms with Crippen molar-refractivity contribution in [1.29, 1.82) is 0 Å². The van der Waals surface area contributed by atoms with Gasteiger partial charge in [-0.15, -0.1) is 0 Å². The van der Waals surface area contributed by atoms with Gasteiger partial charge in [-0.1, -0.05) is 169 Å². The summed E-state index contributed by atoms with van der Waals surface area (Å²) >= 11 is 0. The average Bonchev–Trinajstić information content (AvgIpc) is 3.72. The van der Waals surface area contributed by atoms with E-state index in [-0.39, 0.29) is 0 Å². The number of anilines is 3. The van der Waals surface area contributed by atoms with Crippen LogP contribution in [0.3, 0.4) is 0 Å². The molecular formula is C52H39N3. The Morgan fingerprint density at radius 3 is 1.33 bits per heavy atom. The number of para-hydroxylation sites is 1. The number of nitrogens with zero attached hydrogens (tertiary/aromatic N) is 3. The van der Waals surface area contributed by atoms with Crippen LogP contribution in [0.4, 0.5) is 17.1 Å². The van der Waals surface area contributed by atoms with Crippen LogP contribution in [0.25, 0.3) is 61.6 Å². The number of hydrogen-bond donors (Lipinski definition) is 0. The largest absolute Gasteiger partial charge is 0.311 e. The van der Waals surface area contributed by atoms with Gasteiger partial charge in [0.2, 0.25) is 0 Å². The highest BCUT2D eigenvalue weighted by molar-refractivity contribution is 5.92. The molecule has 0 saturated carbocycles. The molecular weight excluding hydrogens is 667 g/mol. The summed E-state index contributed by atoms with van der Waals surface area (Å²) in [4.78, 5) is 2.31. The Labute approximate surface area is 323 Å². The first-order valence-electron chi connectivity index (χ1n) is 18.7. The molecule has 8 aromatic carbocycles. The molecule has 3 heteroatoms. The van der Waals surface area contributed by atoms with Gasteiger partial charge in [0.1, 0.15) is 0 Å². The second-order valence-corrected chi connectivity index (χ2v) is 13.8. The first-order valence-corrected chi connectivity index (χ1v) is 18.7. The van der Waals surface area contributed by atoms with Crippen molar-refractivity contribution in [3.05, 3.63) is 224 Å². The monoisotopic (exact) mass is 705 g/mol. The fourth-order valence-electron chi connectivity index (χ4n) is 7.37. The number of hydrogen-bond acceptors (Lipinski definition) is 2. The van der Waals surface area contributed by atoms with E-state index >= 15 is 0 Å². The molecule has 0 amide bonds. The van der Waals surface area contributed by atoms with Crippen molar-refractivity contribution in [2.75, 3.05) is 4.90 Å². The van der Waals surface area contributed by atoms with Gasteiger partial charge in [-0.05, 0) is 94.9 Å². The van der Waals surface area contributed by atoms with Gasteiger partial charge in [0, 0.05) is 28.2 Å². The highest BCUT2D eigenvalue weighted by Gasteiger charge is 2.17.